The maximum Gasteiger partial charge on any atom is 0.183 e. The van der Waals surface area contributed by atoms with E-state index in [-0.39, 0.29) is 18.2 Å². The standard InChI is InChI=1S/C11H16N2O2S.ClH/c1-7-10(8(2)14)16-11(13-7)12-6-9-4-3-5-15-9;/h9H,3-6H2,1-2H3,(H,12,13);1H. The number of carbonyl (C=O) groups is 1. The summed E-state index contributed by atoms with van der Waals surface area (Å²) >= 11 is 1.42. The number of anilines is 1. The molecule has 2 rings (SSSR count). The second-order valence-electron chi connectivity index (χ2n) is 4.01. The van der Waals surface area contributed by atoms with Crippen molar-refractivity contribution in [1.82, 2.24) is 4.98 Å². The van der Waals surface area contributed by atoms with E-state index in [2.05, 4.69) is 10.3 Å². The lowest BCUT2D eigenvalue weighted by atomic mass is 10.2. The molecule has 0 bridgehead atoms. The highest BCUT2D eigenvalue weighted by Crippen LogP contribution is 2.23. The molecule has 2 heterocycles. The van der Waals surface area contributed by atoms with Crippen molar-refractivity contribution in [3.8, 4) is 0 Å². The van der Waals surface area contributed by atoms with Crippen molar-refractivity contribution in [3.05, 3.63) is 10.6 Å². The first kappa shape index (κ1) is 14.4. The van der Waals surface area contributed by atoms with Crippen molar-refractivity contribution in [2.45, 2.75) is 32.8 Å². The molecule has 0 aliphatic carbocycles. The molecular weight excluding hydrogens is 260 g/mol. The second kappa shape index (κ2) is 6.33. The number of aryl methyl sites for hydroxylation is 1. The van der Waals surface area contributed by atoms with Crippen LogP contribution in [0.15, 0.2) is 0 Å². The average Bonchev–Trinajstić information content (AvgIpc) is 2.83. The summed E-state index contributed by atoms with van der Waals surface area (Å²) in [5, 5.41) is 4.05. The Labute approximate surface area is 111 Å². The quantitative estimate of drug-likeness (QED) is 0.859. The fraction of sp³-hybridized carbons (Fsp3) is 0.636. The Morgan fingerprint density at radius 1 is 1.65 bits per heavy atom. The van der Waals surface area contributed by atoms with E-state index in [0.29, 0.717) is 6.10 Å². The van der Waals surface area contributed by atoms with Crippen LogP contribution in [0.4, 0.5) is 5.13 Å². The number of nitrogens with zero attached hydrogens (tertiary/aromatic N) is 1. The van der Waals surface area contributed by atoms with E-state index in [0.717, 1.165) is 41.7 Å². The number of aromatic nitrogens is 1. The molecule has 1 fully saturated rings. The molecule has 1 aromatic heterocycles. The summed E-state index contributed by atoms with van der Waals surface area (Å²) in [6.07, 6.45) is 2.55. The summed E-state index contributed by atoms with van der Waals surface area (Å²) in [7, 11) is 0. The highest BCUT2D eigenvalue weighted by atomic mass is 35.5. The largest absolute Gasteiger partial charge is 0.376 e. The van der Waals surface area contributed by atoms with Crippen LogP contribution in [0.2, 0.25) is 0 Å². The van der Waals surface area contributed by atoms with Crippen LogP contribution in [0.5, 0.6) is 0 Å². The van der Waals surface area contributed by atoms with E-state index in [1.165, 1.54) is 11.3 Å². The third-order valence-electron chi connectivity index (χ3n) is 2.62. The monoisotopic (exact) mass is 276 g/mol. The molecule has 0 aromatic carbocycles. The molecular formula is C11H17ClN2O2S. The molecule has 1 N–H and O–H groups in total. The van der Waals surface area contributed by atoms with Crippen LogP contribution in [-0.4, -0.2) is 30.0 Å². The first-order valence-electron chi connectivity index (χ1n) is 5.50. The van der Waals surface area contributed by atoms with E-state index in [4.69, 9.17) is 4.74 Å². The molecule has 17 heavy (non-hydrogen) atoms. The zero-order chi connectivity index (χ0) is 11.5. The van der Waals surface area contributed by atoms with Gasteiger partial charge in [0, 0.05) is 20.1 Å². The number of Topliss-reactive ketones (excluding diaryl/α,β-unsaturated/α-hetero) is 1. The molecule has 6 heteroatoms. The zero-order valence-corrected chi connectivity index (χ0v) is 11.6. The van der Waals surface area contributed by atoms with E-state index in [9.17, 15) is 4.79 Å². The highest BCUT2D eigenvalue weighted by Gasteiger charge is 2.16. The first-order chi connectivity index (χ1) is 7.66. The Morgan fingerprint density at radius 2 is 2.41 bits per heavy atom. The fourth-order valence-electron chi connectivity index (χ4n) is 1.81. The molecule has 1 aliphatic heterocycles. The van der Waals surface area contributed by atoms with Gasteiger partial charge in [-0.3, -0.25) is 4.79 Å². The van der Waals surface area contributed by atoms with Crippen molar-refractivity contribution in [1.29, 1.82) is 0 Å². The van der Waals surface area contributed by atoms with Crippen LogP contribution in [0.3, 0.4) is 0 Å². The number of hydrogen-bond acceptors (Lipinski definition) is 5. The Morgan fingerprint density at radius 3 is 2.94 bits per heavy atom. The lowest BCUT2D eigenvalue weighted by molar-refractivity contribution is 0.102. The molecule has 1 atom stereocenters. The molecule has 1 saturated heterocycles. The van der Waals surface area contributed by atoms with Gasteiger partial charge in [-0.05, 0) is 19.8 Å². The Hall–Kier alpha value is -0.650. The van der Waals surface area contributed by atoms with E-state index in [1.807, 2.05) is 6.92 Å². The molecule has 1 aliphatic rings. The fourth-order valence-corrected chi connectivity index (χ4v) is 2.67. The van der Waals surface area contributed by atoms with Crippen LogP contribution < -0.4 is 5.32 Å². The van der Waals surface area contributed by atoms with Crippen LogP contribution in [-0.2, 0) is 4.74 Å². The predicted molar refractivity (Wildman–Crippen MR) is 71.6 cm³/mol. The van der Waals surface area contributed by atoms with Gasteiger partial charge in [0.2, 0.25) is 0 Å². The number of ketones is 1. The van der Waals surface area contributed by atoms with Gasteiger partial charge in [-0.2, -0.15) is 0 Å². The van der Waals surface area contributed by atoms with Gasteiger partial charge in [0.15, 0.2) is 10.9 Å². The molecule has 4 nitrogen and oxygen atoms in total. The third-order valence-corrected chi connectivity index (χ3v) is 3.84. The minimum Gasteiger partial charge on any atom is -0.376 e. The van der Waals surface area contributed by atoms with Crippen LogP contribution in [0, 0.1) is 6.92 Å². The molecule has 0 amide bonds. The van der Waals surface area contributed by atoms with Gasteiger partial charge in [-0.25, -0.2) is 4.98 Å². The highest BCUT2D eigenvalue weighted by molar-refractivity contribution is 7.17. The van der Waals surface area contributed by atoms with Gasteiger partial charge < -0.3 is 10.1 Å². The van der Waals surface area contributed by atoms with Gasteiger partial charge in [0.25, 0.3) is 0 Å². The lowest BCUT2D eigenvalue weighted by Crippen LogP contribution is -2.18. The van der Waals surface area contributed by atoms with Crippen molar-refractivity contribution in [3.63, 3.8) is 0 Å². The number of hydrogen-bond donors (Lipinski definition) is 1. The predicted octanol–water partition coefficient (Wildman–Crippen LogP) is 2.67. The first-order valence-corrected chi connectivity index (χ1v) is 6.32. The molecule has 1 unspecified atom stereocenters. The van der Waals surface area contributed by atoms with Crippen LogP contribution in [0.1, 0.15) is 35.1 Å². The summed E-state index contributed by atoms with van der Waals surface area (Å²) in [6.45, 7) is 5.08. The summed E-state index contributed by atoms with van der Waals surface area (Å²) in [5.74, 6) is 0.0835. The minimum atomic E-state index is 0. The number of ether oxygens (including phenoxy) is 1. The summed E-state index contributed by atoms with van der Waals surface area (Å²) in [6, 6.07) is 0. The normalized spacial score (nSPS) is 18.8. The Kier molecular flexibility index (Phi) is 5.36. The average molecular weight is 277 g/mol. The topological polar surface area (TPSA) is 51.2 Å². The number of halogens is 1. The van der Waals surface area contributed by atoms with Gasteiger partial charge in [-0.1, -0.05) is 11.3 Å². The maximum atomic E-state index is 11.3. The number of rotatable bonds is 4. The van der Waals surface area contributed by atoms with Gasteiger partial charge in [0.1, 0.15) is 0 Å². The van der Waals surface area contributed by atoms with Crippen molar-refractivity contribution >= 4 is 34.7 Å². The second-order valence-corrected chi connectivity index (χ2v) is 5.00. The number of thiazole rings is 1. The van der Waals surface area contributed by atoms with Gasteiger partial charge in [0.05, 0.1) is 16.7 Å². The molecule has 0 radical (unpaired) electrons. The minimum absolute atomic E-state index is 0. The van der Waals surface area contributed by atoms with Crippen LogP contribution in [0.25, 0.3) is 0 Å². The summed E-state index contributed by atoms with van der Waals surface area (Å²) in [4.78, 5) is 16.3. The Balaban J connectivity index is 0.00000144. The molecule has 96 valence electrons. The van der Waals surface area contributed by atoms with E-state index in [1.54, 1.807) is 6.92 Å². The Bertz CT molecular complexity index is 389. The molecule has 0 saturated carbocycles. The molecule has 1 aromatic rings. The van der Waals surface area contributed by atoms with Gasteiger partial charge in [-0.15, -0.1) is 12.4 Å². The van der Waals surface area contributed by atoms with Crippen molar-refractivity contribution < 1.29 is 9.53 Å². The SMILES string of the molecule is CC(=O)c1sc(NCC2CCCO2)nc1C.Cl. The molecule has 0 spiro atoms. The van der Waals surface area contributed by atoms with Crippen molar-refractivity contribution in [2.75, 3.05) is 18.5 Å². The smallest absolute Gasteiger partial charge is 0.183 e. The lowest BCUT2D eigenvalue weighted by Gasteiger charge is -2.08. The van der Waals surface area contributed by atoms with E-state index < -0.39 is 0 Å². The maximum absolute atomic E-state index is 11.3. The van der Waals surface area contributed by atoms with Gasteiger partial charge >= 0.3 is 0 Å². The third kappa shape index (κ3) is 3.66. The number of carbonyl (C=O) groups excluding carboxylic acids is 1. The number of nitrogens with one attached hydrogen (secondary N) is 1. The van der Waals surface area contributed by atoms with Crippen molar-refractivity contribution in [2.24, 2.45) is 0 Å². The van der Waals surface area contributed by atoms with Crippen LogP contribution >= 0.6 is 23.7 Å². The summed E-state index contributed by atoms with van der Waals surface area (Å²) < 4.78 is 5.51. The zero-order valence-electron chi connectivity index (χ0n) is 9.99. The van der Waals surface area contributed by atoms with E-state index >= 15 is 0 Å². The summed E-state index contributed by atoms with van der Waals surface area (Å²) in [5.41, 5.74) is 0.812.